The van der Waals surface area contributed by atoms with E-state index in [9.17, 15) is 13.6 Å². The summed E-state index contributed by atoms with van der Waals surface area (Å²) in [5.41, 5.74) is 6.50. The molecule has 3 rings (SSSR count). The van der Waals surface area contributed by atoms with Crippen LogP contribution in [-0.2, 0) is 4.79 Å². The first kappa shape index (κ1) is 12.7. The summed E-state index contributed by atoms with van der Waals surface area (Å²) in [6.07, 6.45) is 0. The Morgan fingerprint density at radius 2 is 1.80 bits per heavy atom. The van der Waals surface area contributed by atoms with Crippen molar-refractivity contribution in [3.8, 4) is 0 Å². The van der Waals surface area contributed by atoms with Gasteiger partial charge in [-0.1, -0.05) is 24.3 Å². The predicted octanol–water partition coefficient (Wildman–Crippen LogP) is 2.38. The smallest absolute Gasteiger partial charge is 0.247 e. The van der Waals surface area contributed by atoms with Crippen LogP contribution in [0.4, 0.5) is 14.5 Å². The highest BCUT2D eigenvalue weighted by Crippen LogP contribution is 2.39. The first-order chi connectivity index (χ1) is 9.59. The standard InChI is InChI=1S/C15H12F2N2O/c16-9-4-3-5-10(8-9)19-14(13(18)15(19)20)11-6-1-2-7-12(11)17/h1-8,13-14H,18H2/t13-,14+/m1/s1. The summed E-state index contributed by atoms with van der Waals surface area (Å²) in [5, 5.41) is 0. The fraction of sp³-hybridized carbons (Fsp3) is 0.133. The Hall–Kier alpha value is -2.27. The minimum Gasteiger partial charge on any atom is -0.318 e. The molecule has 0 bridgehead atoms. The molecule has 3 nitrogen and oxygen atoms in total. The van der Waals surface area contributed by atoms with Gasteiger partial charge in [0.05, 0.1) is 6.04 Å². The number of amides is 1. The molecule has 1 saturated heterocycles. The molecular formula is C15H12F2N2O. The van der Waals surface area contributed by atoms with Crippen molar-refractivity contribution in [1.82, 2.24) is 0 Å². The number of nitrogens with two attached hydrogens (primary N) is 1. The summed E-state index contributed by atoms with van der Waals surface area (Å²) in [6.45, 7) is 0. The van der Waals surface area contributed by atoms with Crippen LogP contribution in [0.25, 0.3) is 0 Å². The lowest BCUT2D eigenvalue weighted by Crippen LogP contribution is -2.63. The third kappa shape index (κ3) is 1.87. The number of hydrogen-bond donors (Lipinski definition) is 1. The van der Waals surface area contributed by atoms with Crippen molar-refractivity contribution >= 4 is 11.6 Å². The maximum absolute atomic E-state index is 13.9. The van der Waals surface area contributed by atoms with Crippen molar-refractivity contribution in [2.45, 2.75) is 12.1 Å². The molecule has 5 heteroatoms. The summed E-state index contributed by atoms with van der Waals surface area (Å²) in [5.74, 6) is -1.23. The Bertz CT molecular complexity index is 674. The molecule has 2 aromatic carbocycles. The number of halogens is 2. The van der Waals surface area contributed by atoms with E-state index in [2.05, 4.69) is 0 Å². The SMILES string of the molecule is N[C@H]1C(=O)N(c2cccc(F)c2)[C@H]1c1ccccc1F. The quantitative estimate of drug-likeness (QED) is 0.855. The monoisotopic (exact) mass is 274 g/mol. The topological polar surface area (TPSA) is 46.3 Å². The van der Waals surface area contributed by atoms with Gasteiger partial charge in [-0.15, -0.1) is 0 Å². The van der Waals surface area contributed by atoms with Crippen molar-refractivity contribution < 1.29 is 13.6 Å². The van der Waals surface area contributed by atoms with Crippen LogP contribution in [0.5, 0.6) is 0 Å². The third-order valence-corrected chi connectivity index (χ3v) is 3.45. The summed E-state index contributed by atoms with van der Waals surface area (Å²) in [4.78, 5) is 13.2. The molecule has 0 aromatic heterocycles. The fourth-order valence-electron chi connectivity index (χ4n) is 2.47. The van der Waals surface area contributed by atoms with E-state index in [0.717, 1.165) is 0 Å². The molecule has 0 spiro atoms. The minimum absolute atomic E-state index is 0.337. The van der Waals surface area contributed by atoms with Gasteiger partial charge < -0.3 is 10.6 Å². The van der Waals surface area contributed by atoms with E-state index in [4.69, 9.17) is 5.73 Å². The summed E-state index contributed by atoms with van der Waals surface area (Å²) in [7, 11) is 0. The number of hydrogen-bond acceptors (Lipinski definition) is 2. The van der Waals surface area contributed by atoms with E-state index in [1.807, 2.05) is 0 Å². The average molecular weight is 274 g/mol. The van der Waals surface area contributed by atoms with Crippen molar-refractivity contribution in [3.63, 3.8) is 0 Å². The zero-order chi connectivity index (χ0) is 14.3. The Morgan fingerprint density at radius 1 is 1.05 bits per heavy atom. The van der Waals surface area contributed by atoms with Gasteiger partial charge in [0, 0.05) is 11.3 Å². The minimum atomic E-state index is -0.810. The number of rotatable bonds is 2. The molecule has 0 saturated carbocycles. The molecule has 2 N–H and O–H groups in total. The van der Waals surface area contributed by atoms with E-state index in [1.54, 1.807) is 24.3 Å². The Morgan fingerprint density at radius 3 is 2.50 bits per heavy atom. The molecule has 102 valence electrons. The van der Waals surface area contributed by atoms with Crippen molar-refractivity contribution in [1.29, 1.82) is 0 Å². The van der Waals surface area contributed by atoms with Gasteiger partial charge in [-0.25, -0.2) is 8.78 Å². The largest absolute Gasteiger partial charge is 0.318 e. The normalized spacial score (nSPS) is 21.8. The van der Waals surface area contributed by atoms with Gasteiger partial charge in [0.25, 0.3) is 0 Å². The highest BCUT2D eigenvalue weighted by molar-refractivity contribution is 6.05. The molecule has 2 aromatic rings. The number of benzene rings is 2. The van der Waals surface area contributed by atoms with Crippen LogP contribution < -0.4 is 10.6 Å². The highest BCUT2D eigenvalue weighted by Gasteiger charge is 2.47. The zero-order valence-electron chi connectivity index (χ0n) is 10.5. The number of carbonyl (C=O) groups is 1. The van der Waals surface area contributed by atoms with E-state index >= 15 is 0 Å². The fourth-order valence-corrected chi connectivity index (χ4v) is 2.47. The third-order valence-electron chi connectivity index (χ3n) is 3.45. The Kier molecular flexibility index (Phi) is 2.99. The maximum Gasteiger partial charge on any atom is 0.247 e. The summed E-state index contributed by atoms with van der Waals surface area (Å²) >= 11 is 0. The molecule has 20 heavy (non-hydrogen) atoms. The molecule has 2 atom stereocenters. The lowest BCUT2D eigenvalue weighted by molar-refractivity contribution is -0.126. The van der Waals surface area contributed by atoms with Gasteiger partial charge in [-0.2, -0.15) is 0 Å². The maximum atomic E-state index is 13.9. The second kappa shape index (κ2) is 4.68. The van der Waals surface area contributed by atoms with Crippen molar-refractivity contribution in [3.05, 3.63) is 65.7 Å². The first-order valence-electron chi connectivity index (χ1n) is 6.18. The molecule has 1 aliphatic heterocycles. The van der Waals surface area contributed by atoms with Crippen LogP contribution in [0.2, 0.25) is 0 Å². The number of anilines is 1. The number of carbonyl (C=O) groups excluding carboxylic acids is 1. The average Bonchev–Trinajstić information content (AvgIpc) is 2.45. The van der Waals surface area contributed by atoms with Gasteiger partial charge in [-0.3, -0.25) is 4.79 Å². The second-order valence-electron chi connectivity index (χ2n) is 4.68. The highest BCUT2D eigenvalue weighted by atomic mass is 19.1. The zero-order valence-corrected chi connectivity index (χ0v) is 10.5. The predicted molar refractivity (Wildman–Crippen MR) is 71.0 cm³/mol. The molecule has 1 heterocycles. The van der Waals surface area contributed by atoms with E-state index in [1.165, 1.54) is 29.2 Å². The van der Waals surface area contributed by atoms with Gasteiger partial charge >= 0.3 is 0 Å². The van der Waals surface area contributed by atoms with Gasteiger partial charge in [0.2, 0.25) is 5.91 Å². The molecule has 0 unspecified atom stereocenters. The van der Waals surface area contributed by atoms with Crippen LogP contribution in [-0.4, -0.2) is 11.9 Å². The summed E-state index contributed by atoms with van der Waals surface area (Å²) < 4.78 is 27.1. The Labute approximate surface area is 114 Å². The van der Waals surface area contributed by atoms with Crippen molar-refractivity contribution in [2.75, 3.05) is 4.90 Å². The lowest BCUT2D eigenvalue weighted by Gasteiger charge is -2.45. The van der Waals surface area contributed by atoms with Crippen LogP contribution in [0.3, 0.4) is 0 Å². The van der Waals surface area contributed by atoms with E-state index in [0.29, 0.717) is 11.3 Å². The van der Waals surface area contributed by atoms with Crippen LogP contribution in [0, 0.1) is 11.6 Å². The van der Waals surface area contributed by atoms with E-state index < -0.39 is 23.7 Å². The van der Waals surface area contributed by atoms with Gasteiger partial charge in [-0.05, 0) is 24.3 Å². The van der Waals surface area contributed by atoms with Gasteiger partial charge in [0.15, 0.2) is 0 Å². The molecule has 1 aliphatic rings. The summed E-state index contributed by atoms with van der Waals surface area (Å²) in [6, 6.07) is 10.3. The molecule has 1 fully saturated rings. The van der Waals surface area contributed by atoms with E-state index in [-0.39, 0.29) is 5.91 Å². The molecule has 1 amide bonds. The number of nitrogens with zero attached hydrogens (tertiary/aromatic N) is 1. The number of β-lactam (4-membered cyclic amide) rings is 1. The first-order valence-corrected chi connectivity index (χ1v) is 6.18. The molecule has 0 radical (unpaired) electrons. The second-order valence-corrected chi connectivity index (χ2v) is 4.68. The van der Waals surface area contributed by atoms with Crippen molar-refractivity contribution in [2.24, 2.45) is 5.73 Å². The molecule has 0 aliphatic carbocycles. The lowest BCUT2D eigenvalue weighted by atomic mass is 9.88. The Balaban J connectivity index is 2.02. The van der Waals surface area contributed by atoms with Crippen LogP contribution >= 0.6 is 0 Å². The molecular weight excluding hydrogens is 262 g/mol. The van der Waals surface area contributed by atoms with Crippen LogP contribution in [0.15, 0.2) is 48.5 Å². The van der Waals surface area contributed by atoms with Gasteiger partial charge in [0.1, 0.15) is 17.7 Å². The van der Waals surface area contributed by atoms with Crippen LogP contribution in [0.1, 0.15) is 11.6 Å².